The molecule has 1 aliphatic rings. The lowest BCUT2D eigenvalue weighted by atomic mass is 9.82. The molecule has 3 heteroatoms. The van der Waals surface area contributed by atoms with E-state index in [1.807, 2.05) is 36.4 Å². The van der Waals surface area contributed by atoms with Gasteiger partial charge in [-0.1, -0.05) is 92.7 Å². The maximum Gasteiger partial charge on any atom is 0.344 e. The van der Waals surface area contributed by atoms with Gasteiger partial charge >= 0.3 is 5.63 Å². The molecular formula is C40H27NO2. The van der Waals surface area contributed by atoms with Crippen molar-refractivity contribution < 1.29 is 4.42 Å². The van der Waals surface area contributed by atoms with Crippen LogP contribution in [0.4, 0.5) is 0 Å². The Morgan fingerprint density at radius 2 is 1.30 bits per heavy atom. The van der Waals surface area contributed by atoms with E-state index in [9.17, 15) is 4.79 Å². The molecule has 2 heterocycles. The number of para-hydroxylation sites is 2. The van der Waals surface area contributed by atoms with Crippen LogP contribution in [0.1, 0.15) is 25.0 Å². The highest BCUT2D eigenvalue weighted by Crippen LogP contribution is 2.51. The van der Waals surface area contributed by atoms with Gasteiger partial charge in [-0.15, -0.1) is 0 Å². The average molecular weight is 554 g/mol. The molecule has 0 saturated heterocycles. The molecule has 3 nitrogen and oxygen atoms in total. The van der Waals surface area contributed by atoms with Crippen LogP contribution < -0.4 is 5.63 Å². The van der Waals surface area contributed by atoms with Crippen molar-refractivity contribution in [3.05, 3.63) is 149 Å². The molecular weight excluding hydrogens is 526 g/mol. The van der Waals surface area contributed by atoms with Gasteiger partial charge in [-0.05, 0) is 81.9 Å². The third-order valence-corrected chi connectivity index (χ3v) is 9.43. The fourth-order valence-corrected chi connectivity index (χ4v) is 7.32. The van der Waals surface area contributed by atoms with Gasteiger partial charge in [0.2, 0.25) is 0 Å². The van der Waals surface area contributed by atoms with Gasteiger partial charge in [-0.2, -0.15) is 0 Å². The van der Waals surface area contributed by atoms with Crippen LogP contribution in [0.5, 0.6) is 0 Å². The van der Waals surface area contributed by atoms with Crippen LogP contribution >= 0.6 is 0 Å². The van der Waals surface area contributed by atoms with E-state index < -0.39 is 0 Å². The number of hydrogen-bond acceptors (Lipinski definition) is 2. The molecule has 6 aromatic carbocycles. The molecule has 0 aliphatic heterocycles. The lowest BCUT2D eigenvalue weighted by Gasteiger charge is -2.21. The fraction of sp³-hybridized carbons (Fsp3) is 0.0750. The fourth-order valence-electron chi connectivity index (χ4n) is 7.32. The molecule has 0 radical (unpaired) electrons. The van der Waals surface area contributed by atoms with Crippen LogP contribution in [0.3, 0.4) is 0 Å². The standard InChI is InChI=1S/C40H27NO2/c1-40(2)34-15-6-3-12-27(34)32-22-33-28-13-4-7-16-36(28)41(37(33)23-35(32)40)26-11-9-10-24(20-26)25-18-19-30-31(21-25)29-14-5-8-17-38(29)43-39(30)42/h3-23H,1-2H3. The van der Waals surface area contributed by atoms with Gasteiger partial charge in [0.25, 0.3) is 0 Å². The van der Waals surface area contributed by atoms with E-state index in [0.717, 1.165) is 27.6 Å². The summed E-state index contributed by atoms with van der Waals surface area (Å²) in [5, 5.41) is 4.95. The van der Waals surface area contributed by atoms with Gasteiger partial charge in [0, 0.05) is 32.6 Å². The number of fused-ring (bicyclic) bond motifs is 9. The van der Waals surface area contributed by atoms with Crippen molar-refractivity contribution in [2.75, 3.05) is 0 Å². The first-order valence-corrected chi connectivity index (χ1v) is 14.7. The molecule has 2 aromatic heterocycles. The Morgan fingerprint density at radius 3 is 2.21 bits per heavy atom. The van der Waals surface area contributed by atoms with E-state index in [1.165, 1.54) is 44.1 Å². The highest BCUT2D eigenvalue weighted by atomic mass is 16.4. The van der Waals surface area contributed by atoms with E-state index in [2.05, 4.69) is 109 Å². The number of rotatable bonds is 2. The van der Waals surface area contributed by atoms with Gasteiger partial charge in [0.05, 0.1) is 16.4 Å². The Bertz CT molecular complexity index is 2510. The zero-order valence-corrected chi connectivity index (χ0v) is 23.9. The molecule has 0 saturated carbocycles. The summed E-state index contributed by atoms with van der Waals surface area (Å²) in [7, 11) is 0. The SMILES string of the molecule is CC1(C)c2ccccc2-c2cc3c4ccccc4n(-c4cccc(-c5ccc6c(=O)oc7ccccc7c6c5)c4)c3cc21. The Morgan fingerprint density at radius 1 is 0.535 bits per heavy atom. The van der Waals surface area contributed by atoms with Crippen molar-refractivity contribution in [3.63, 3.8) is 0 Å². The molecule has 9 rings (SSSR count). The zero-order valence-electron chi connectivity index (χ0n) is 23.9. The van der Waals surface area contributed by atoms with Crippen LogP contribution in [0.2, 0.25) is 0 Å². The lowest BCUT2D eigenvalue weighted by Crippen LogP contribution is -2.14. The minimum Gasteiger partial charge on any atom is -0.422 e. The summed E-state index contributed by atoms with van der Waals surface area (Å²) >= 11 is 0. The lowest BCUT2D eigenvalue weighted by molar-refractivity contribution is 0.569. The van der Waals surface area contributed by atoms with Crippen molar-refractivity contribution in [3.8, 4) is 27.9 Å². The number of benzene rings is 6. The second-order valence-corrected chi connectivity index (χ2v) is 12.1. The molecule has 43 heavy (non-hydrogen) atoms. The molecule has 8 aromatic rings. The van der Waals surface area contributed by atoms with Crippen molar-refractivity contribution in [2.24, 2.45) is 0 Å². The smallest absolute Gasteiger partial charge is 0.344 e. The summed E-state index contributed by atoms with van der Waals surface area (Å²) in [5.74, 6) is 0. The molecule has 0 spiro atoms. The predicted octanol–water partition coefficient (Wildman–Crippen LogP) is 10.0. The van der Waals surface area contributed by atoms with Crippen LogP contribution in [0.25, 0.3) is 71.5 Å². The van der Waals surface area contributed by atoms with Crippen LogP contribution in [-0.2, 0) is 5.41 Å². The van der Waals surface area contributed by atoms with Crippen molar-refractivity contribution in [1.29, 1.82) is 0 Å². The third kappa shape index (κ3) is 3.33. The summed E-state index contributed by atoms with van der Waals surface area (Å²) in [5.41, 5.74) is 11.3. The maximum absolute atomic E-state index is 12.7. The topological polar surface area (TPSA) is 35.1 Å². The molecule has 0 atom stereocenters. The van der Waals surface area contributed by atoms with Crippen LogP contribution in [-0.4, -0.2) is 4.57 Å². The summed E-state index contributed by atoms with van der Waals surface area (Å²) < 4.78 is 7.98. The zero-order chi connectivity index (χ0) is 28.9. The Balaban J connectivity index is 1.28. The Labute approximate surface area is 248 Å². The first-order valence-electron chi connectivity index (χ1n) is 14.7. The predicted molar refractivity (Wildman–Crippen MR) is 177 cm³/mol. The monoisotopic (exact) mass is 553 g/mol. The van der Waals surface area contributed by atoms with Crippen molar-refractivity contribution >= 4 is 43.5 Å². The maximum atomic E-state index is 12.7. The summed E-state index contributed by atoms with van der Waals surface area (Å²) in [6.07, 6.45) is 0. The molecule has 0 N–H and O–H groups in total. The molecule has 0 unspecified atom stereocenters. The third-order valence-electron chi connectivity index (χ3n) is 9.43. The van der Waals surface area contributed by atoms with Gasteiger partial charge in [0.1, 0.15) is 5.58 Å². The molecule has 0 fully saturated rings. The van der Waals surface area contributed by atoms with E-state index in [0.29, 0.717) is 11.0 Å². The van der Waals surface area contributed by atoms with E-state index in [4.69, 9.17) is 4.42 Å². The quantitative estimate of drug-likeness (QED) is 0.158. The van der Waals surface area contributed by atoms with Crippen molar-refractivity contribution in [1.82, 2.24) is 4.57 Å². The largest absolute Gasteiger partial charge is 0.422 e. The molecule has 0 amide bonds. The van der Waals surface area contributed by atoms with Crippen molar-refractivity contribution in [2.45, 2.75) is 19.3 Å². The van der Waals surface area contributed by atoms with E-state index in [1.54, 1.807) is 0 Å². The van der Waals surface area contributed by atoms with Gasteiger partial charge in [-0.25, -0.2) is 4.79 Å². The highest BCUT2D eigenvalue weighted by Gasteiger charge is 2.36. The highest BCUT2D eigenvalue weighted by molar-refractivity contribution is 6.12. The number of aromatic nitrogens is 1. The van der Waals surface area contributed by atoms with Gasteiger partial charge < -0.3 is 8.98 Å². The molecule has 0 bridgehead atoms. The second-order valence-electron chi connectivity index (χ2n) is 12.1. The molecule has 1 aliphatic carbocycles. The second kappa shape index (κ2) is 8.56. The minimum atomic E-state index is -0.308. The van der Waals surface area contributed by atoms with Gasteiger partial charge in [0.15, 0.2) is 0 Å². The number of hydrogen-bond donors (Lipinski definition) is 0. The Hall–Kier alpha value is -5.41. The average Bonchev–Trinajstić information content (AvgIpc) is 3.48. The van der Waals surface area contributed by atoms with E-state index in [-0.39, 0.29) is 11.0 Å². The van der Waals surface area contributed by atoms with E-state index >= 15 is 0 Å². The van der Waals surface area contributed by atoms with Crippen LogP contribution in [0, 0.1) is 0 Å². The summed E-state index contributed by atoms with van der Waals surface area (Å²) in [6, 6.07) is 44.8. The molecule has 204 valence electrons. The summed E-state index contributed by atoms with van der Waals surface area (Å²) in [4.78, 5) is 12.7. The Kier molecular flexibility index (Phi) is 4.82. The van der Waals surface area contributed by atoms with Gasteiger partial charge in [-0.3, -0.25) is 0 Å². The first kappa shape index (κ1) is 24.2. The minimum absolute atomic E-state index is 0.0795. The summed E-state index contributed by atoms with van der Waals surface area (Å²) in [6.45, 7) is 4.67. The van der Waals surface area contributed by atoms with Crippen LogP contribution in [0.15, 0.2) is 137 Å². The first-order chi connectivity index (χ1) is 21.0. The number of nitrogens with zero attached hydrogens (tertiary/aromatic N) is 1. The normalized spacial score (nSPS) is 13.6.